The maximum atomic E-state index is 12.1. The molecule has 0 saturated heterocycles. The van der Waals surface area contributed by atoms with E-state index in [9.17, 15) is 25.0 Å². The highest BCUT2D eigenvalue weighted by atomic mass is 16.6. The van der Waals surface area contributed by atoms with E-state index >= 15 is 0 Å². The van der Waals surface area contributed by atoms with Crippen LogP contribution in [0.1, 0.15) is 18.1 Å². The van der Waals surface area contributed by atoms with Crippen molar-refractivity contribution in [2.75, 3.05) is 6.61 Å². The van der Waals surface area contributed by atoms with Crippen molar-refractivity contribution in [2.24, 2.45) is 5.10 Å². The van der Waals surface area contributed by atoms with Crippen molar-refractivity contribution in [3.63, 3.8) is 0 Å². The fourth-order valence-electron chi connectivity index (χ4n) is 2.87. The number of non-ortho nitro benzene ring substituents is 1. The smallest absolute Gasteiger partial charge is 0.318 e. The number of amides is 1. The summed E-state index contributed by atoms with van der Waals surface area (Å²) >= 11 is 0. The summed E-state index contributed by atoms with van der Waals surface area (Å²) in [5, 5.41) is 26.0. The molecule has 0 aliphatic heterocycles. The molecule has 11 heteroatoms. The average Bonchev–Trinajstić information content (AvgIpc) is 2.81. The summed E-state index contributed by atoms with van der Waals surface area (Å²) in [5.74, 6) is 0.610. The summed E-state index contributed by atoms with van der Waals surface area (Å²) in [7, 11) is 0. The highest BCUT2D eigenvalue weighted by Crippen LogP contribution is 2.34. The second-order valence-electron chi connectivity index (χ2n) is 6.88. The van der Waals surface area contributed by atoms with E-state index in [1.165, 1.54) is 12.3 Å². The van der Waals surface area contributed by atoms with Crippen LogP contribution >= 0.6 is 0 Å². The van der Waals surface area contributed by atoms with E-state index in [0.717, 1.165) is 23.4 Å². The van der Waals surface area contributed by atoms with E-state index in [1.54, 1.807) is 36.4 Å². The van der Waals surface area contributed by atoms with Gasteiger partial charge in [0.1, 0.15) is 11.5 Å². The Bertz CT molecular complexity index is 1210. The van der Waals surface area contributed by atoms with Crippen LogP contribution in [0, 0.1) is 20.2 Å². The zero-order chi connectivity index (χ0) is 24.5. The van der Waals surface area contributed by atoms with E-state index in [-0.39, 0.29) is 23.8 Å². The molecule has 0 atom stereocenters. The first-order valence-corrected chi connectivity index (χ1v) is 10.1. The van der Waals surface area contributed by atoms with Crippen molar-refractivity contribution in [1.82, 2.24) is 5.43 Å². The number of nitro groups is 2. The fraction of sp³-hybridized carbons (Fsp3) is 0.130. The van der Waals surface area contributed by atoms with Gasteiger partial charge in [0.2, 0.25) is 11.7 Å². The van der Waals surface area contributed by atoms with Crippen LogP contribution in [-0.2, 0) is 11.2 Å². The lowest BCUT2D eigenvalue weighted by Gasteiger charge is -2.06. The molecule has 0 aliphatic rings. The van der Waals surface area contributed by atoms with Gasteiger partial charge in [-0.3, -0.25) is 25.0 Å². The molecule has 0 spiro atoms. The summed E-state index contributed by atoms with van der Waals surface area (Å²) in [6.45, 7) is 2.46. The Kier molecular flexibility index (Phi) is 7.84. The Labute approximate surface area is 193 Å². The summed E-state index contributed by atoms with van der Waals surface area (Å²) in [4.78, 5) is 32.6. The maximum absolute atomic E-state index is 12.1. The average molecular weight is 464 g/mol. The van der Waals surface area contributed by atoms with Crippen LogP contribution in [0.15, 0.2) is 71.8 Å². The molecule has 3 aromatic carbocycles. The molecule has 34 heavy (non-hydrogen) atoms. The van der Waals surface area contributed by atoms with Gasteiger partial charge in [0, 0.05) is 6.07 Å². The molecular weight excluding hydrogens is 444 g/mol. The monoisotopic (exact) mass is 464 g/mol. The molecule has 3 rings (SSSR count). The highest BCUT2D eigenvalue weighted by Gasteiger charge is 2.21. The lowest BCUT2D eigenvalue weighted by atomic mass is 10.1. The number of nitro benzene ring substituents is 2. The Hall–Kier alpha value is -4.80. The van der Waals surface area contributed by atoms with Gasteiger partial charge in [0.05, 0.1) is 35.2 Å². The van der Waals surface area contributed by atoms with Gasteiger partial charge in [-0.15, -0.1) is 0 Å². The second kappa shape index (κ2) is 11.2. The van der Waals surface area contributed by atoms with Crippen LogP contribution in [0.25, 0.3) is 0 Å². The minimum absolute atomic E-state index is 0.126. The maximum Gasteiger partial charge on any atom is 0.318 e. The van der Waals surface area contributed by atoms with Gasteiger partial charge in [-0.2, -0.15) is 5.10 Å². The highest BCUT2D eigenvalue weighted by molar-refractivity contribution is 5.83. The van der Waals surface area contributed by atoms with Crippen LogP contribution in [0.5, 0.6) is 17.2 Å². The van der Waals surface area contributed by atoms with Crippen LogP contribution in [0.2, 0.25) is 0 Å². The molecule has 0 unspecified atom stereocenters. The van der Waals surface area contributed by atoms with Gasteiger partial charge in [0.15, 0.2) is 0 Å². The van der Waals surface area contributed by atoms with Crippen LogP contribution in [-0.4, -0.2) is 28.6 Å². The lowest BCUT2D eigenvalue weighted by molar-refractivity contribution is -0.394. The first-order chi connectivity index (χ1) is 16.4. The predicted molar refractivity (Wildman–Crippen MR) is 123 cm³/mol. The molecule has 1 N–H and O–H groups in total. The number of ether oxygens (including phenoxy) is 2. The van der Waals surface area contributed by atoms with Crippen LogP contribution in [0.3, 0.4) is 0 Å². The normalized spacial score (nSPS) is 10.6. The van der Waals surface area contributed by atoms with Gasteiger partial charge in [0.25, 0.3) is 5.69 Å². The van der Waals surface area contributed by atoms with Crippen molar-refractivity contribution in [1.29, 1.82) is 0 Å². The largest absolute Gasteiger partial charge is 0.494 e. The molecule has 11 nitrogen and oxygen atoms in total. The van der Waals surface area contributed by atoms with E-state index in [2.05, 4.69) is 10.5 Å². The van der Waals surface area contributed by atoms with E-state index in [1.807, 2.05) is 19.1 Å². The SMILES string of the molecule is CCOc1ccc(CC(=O)N/N=C/c2ccc(Oc3ccc([N+](=O)[O-])cc3[N+](=O)[O-])cc2)cc1. The lowest BCUT2D eigenvalue weighted by Crippen LogP contribution is -2.19. The van der Waals surface area contributed by atoms with Crippen LogP contribution in [0.4, 0.5) is 11.4 Å². The van der Waals surface area contributed by atoms with Gasteiger partial charge < -0.3 is 9.47 Å². The third kappa shape index (κ3) is 6.60. The number of hydrogen-bond acceptors (Lipinski definition) is 8. The number of carbonyl (C=O) groups excluding carboxylic acids is 1. The van der Waals surface area contributed by atoms with Crippen molar-refractivity contribution in [3.8, 4) is 17.2 Å². The molecule has 0 radical (unpaired) electrons. The Morgan fingerprint density at radius 2 is 1.65 bits per heavy atom. The Morgan fingerprint density at radius 3 is 2.26 bits per heavy atom. The molecule has 1 amide bonds. The first-order valence-electron chi connectivity index (χ1n) is 10.1. The molecule has 0 aliphatic carbocycles. The predicted octanol–water partition coefficient (Wildman–Crippen LogP) is 4.39. The molecule has 174 valence electrons. The fourth-order valence-corrected chi connectivity index (χ4v) is 2.87. The molecule has 0 bridgehead atoms. The number of hydrazone groups is 1. The standard InChI is InChI=1S/C23H20N4O7/c1-2-33-19-8-3-16(4-9-19)13-23(28)25-24-15-17-5-10-20(11-6-17)34-22-12-7-18(26(29)30)14-21(22)27(31)32/h3-12,14-15H,2,13H2,1H3,(H,25,28)/b24-15+. The number of benzene rings is 3. The Morgan fingerprint density at radius 1 is 0.971 bits per heavy atom. The summed E-state index contributed by atoms with van der Waals surface area (Å²) < 4.78 is 10.9. The molecular formula is C23H20N4O7. The van der Waals surface area contributed by atoms with E-state index in [4.69, 9.17) is 9.47 Å². The van der Waals surface area contributed by atoms with Gasteiger partial charge in [-0.25, -0.2) is 5.43 Å². The van der Waals surface area contributed by atoms with Crippen molar-refractivity contribution in [3.05, 3.63) is 98.1 Å². The second-order valence-corrected chi connectivity index (χ2v) is 6.88. The number of hydrogen-bond donors (Lipinski definition) is 1. The van der Waals surface area contributed by atoms with Crippen molar-refractivity contribution in [2.45, 2.75) is 13.3 Å². The number of nitrogens with one attached hydrogen (secondary N) is 1. The third-order valence-corrected chi connectivity index (χ3v) is 4.46. The van der Waals surface area contributed by atoms with Gasteiger partial charge in [-0.05, 0) is 60.5 Å². The zero-order valence-corrected chi connectivity index (χ0v) is 18.0. The van der Waals surface area contributed by atoms with E-state index in [0.29, 0.717) is 12.2 Å². The topological polar surface area (TPSA) is 146 Å². The molecule has 0 fully saturated rings. The first kappa shape index (κ1) is 23.9. The molecule has 0 saturated carbocycles. The van der Waals surface area contributed by atoms with Gasteiger partial charge in [-0.1, -0.05) is 12.1 Å². The Balaban J connectivity index is 1.57. The quantitative estimate of drug-likeness (QED) is 0.266. The minimum Gasteiger partial charge on any atom is -0.494 e. The number of rotatable bonds is 10. The third-order valence-electron chi connectivity index (χ3n) is 4.46. The number of nitrogens with zero attached hydrogens (tertiary/aromatic N) is 3. The number of carbonyl (C=O) groups is 1. The van der Waals surface area contributed by atoms with Crippen molar-refractivity contribution < 1.29 is 24.1 Å². The molecule has 0 aromatic heterocycles. The van der Waals surface area contributed by atoms with Gasteiger partial charge >= 0.3 is 5.69 Å². The summed E-state index contributed by atoms with van der Waals surface area (Å²) in [5.41, 5.74) is 2.98. The molecule has 3 aromatic rings. The van der Waals surface area contributed by atoms with Crippen LogP contribution < -0.4 is 14.9 Å². The molecule has 0 heterocycles. The van der Waals surface area contributed by atoms with Crippen molar-refractivity contribution >= 4 is 23.5 Å². The zero-order valence-electron chi connectivity index (χ0n) is 18.0. The van der Waals surface area contributed by atoms with E-state index < -0.39 is 21.2 Å². The summed E-state index contributed by atoms with van der Waals surface area (Å²) in [6, 6.07) is 16.7. The summed E-state index contributed by atoms with van der Waals surface area (Å²) in [6.07, 6.45) is 1.60. The minimum atomic E-state index is -0.751.